The zero-order valence-corrected chi connectivity index (χ0v) is 14.8. The molecule has 0 aliphatic carbocycles. The van der Waals surface area contributed by atoms with Crippen LogP contribution in [0.5, 0.6) is 5.75 Å². The summed E-state index contributed by atoms with van der Waals surface area (Å²) in [4.78, 5) is 25.0. The minimum absolute atomic E-state index is 0.0144. The van der Waals surface area contributed by atoms with E-state index in [-0.39, 0.29) is 18.5 Å². The summed E-state index contributed by atoms with van der Waals surface area (Å²) in [5, 5.41) is 0. The summed E-state index contributed by atoms with van der Waals surface area (Å²) in [5.74, 6) is 0.280. The van der Waals surface area contributed by atoms with Crippen LogP contribution in [-0.2, 0) is 14.3 Å². The van der Waals surface area contributed by atoms with Crippen molar-refractivity contribution in [1.82, 2.24) is 4.90 Å². The van der Waals surface area contributed by atoms with E-state index in [9.17, 15) is 9.59 Å². The first-order chi connectivity index (χ1) is 10.4. The number of esters is 1. The molecule has 22 heavy (non-hydrogen) atoms. The first-order valence-electron chi connectivity index (χ1n) is 7.18. The van der Waals surface area contributed by atoms with Crippen LogP contribution in [0.15, 0.2) is 28.7 Å². The molecule has 0 N–H and O–H groups in total. The fourth-order valence-corrected chi connectivity index (χ4v) is 2.25. The highest BCUT2D eigenvalue weighted by molar-refractivity contribution is 9.10. The van der Waals surface area contributed by atoms with Gasteiger partial charge in [0.15, 0.2) is 0 Å². The van der Waals surface area contributed by atoms with Crippen molar-refractivity contribution in [2.75, 3.05) is 20.3 Å². The number of halogens is 1. The van der Waals surface area contributed by atoms with Gasteiger partial charge in [-0.3, -0.25) is 9.59 Å². The molecule has 0 aromatic heterocycles. The molecule has 0 bridgehead atoms. The van der Waals surface area contributed by atoms with Crippen LogP contribution >= 0.6 is 15.9 Å². The van der Waals surface area contributed by atoms with E-state index >= 15 is 0 Å². The van der Waals surface area contributed by atoms with E-state index in [1.807, 2.05) is 38.1 Å². The van der Waals surface area contributed by atoms with E-state index in [4.69, 9.17) is 4.74 Å². The lowest BCUT2D eigenvalue weighted by atomic mass is 10.2. The van der Waals surface area contributed by atoms with Gasteiger partial charge in [-0.1, -0.05) is 22.0 Å². The van der Waals surface area contributed by atoms with Gasteiger partial charge in [-0.25, -0.2) is 0 Å². The van der Waals surface area contributed by atoms with Crippen LogP contribution in [0, 0.1) is 0 Å². The zero-order chi connectivity index (χ0) is 16.5. The van der Waals surface area contributed by atoms with Crippen LogP contribution in [0.2, 0.25) is 0 Å². The molecule has 6 heteroatoms. The Morgan fingerprint density at radius 1 is 1.32 bits per heavy atom. The summed E-state index contributed by atoms with van der Waals surface area (Å²) in [5.41, 5.74) is 0. The van der Waals surface area contributed by atoms with Crippen molar-refractivity contribution in [3.05, 3.63) is 28.7 Å². The molecule has 0 spiro atoms. The third-order valence-corrected chi connectivity index (χ3v) is 3.56. The molecule has 0 atom stereocenters. The second-order valence-electron chi connectivity index (χ2n) is 5.10. The summed E-state index contributed by atoms with van der Waals surface area (Å²) in [6, 6.07) is 7.51. The molecule has 122 valence electrons. The van der Waals surface area contributed by atoms with Gasteiger partial charge in [0.1, 0.15) is 12.3 Å². The predicted molar refractivity (Wildman–Crippen MR) is 87.7 cm³/mol. The number of carbonyl (C=O) groups excluding carboxylic acids is 2. The van der Waals surface area contributed by atoms with Crippen molar-refractivity contribution >= 4 is 27.8 Å². The van der Waals surface area contributed by atoms with Gasteiger partial charge in [0.25, 0.3) is 0 Å². The molecule has 0 saturated heterocycles. The molecule has 1 aromatic carbocycles. The van der Waals surface area contributed by atoms with Crippen LogP contribution in [0.4, 0.5) is 0 Å². The van der Waals surface area contributed by atoms with Crippen molar-refractivity contribution < 1.29 is 19.1 Å². The van der Waals surface area contributed by atoms with Gasteiger partial charge in [0.05, 0.1) is 13.7 Å². The Bertz CT molecular complexity index is 505. The number of carbonyl (C=O) groups is 2. The minimum atomic E-state index is -0.410. The topological polar surface area (TPSA) is 55.8 Å². The molecule has 5 nitrogen and oxygen atoms in total. The highest BCUT2D eigenvalue weighted by Gasteiger charge is 2.19. The number of methoxy groups -OCH3 is 1. The summed E-state index contributed by atoms with van der Waals surface area (Å²) in [7, 11) is 1.32. The quantitative estimate of drug-likeness (QED) is 0.520. The fraction of sp³-hybridized carbons (Fsp3) is 0.500. The van der Waals surface area contributed by atoms with Gasteiger partial charge in [-0.2, -0.15) is 0 Å². The average Bonchev–Trinajstić information content (AvgIpc) is 2.48. The molecule has 0 fully saturated rings. The number of ether oxygens (including phenoxy) is 2. The predicted octanol–water partition coefficient (Wildman–Crippen LogP) is 3.02. The first kappa shape index (κ1) is 18.5. The molecular weight excluding hydrogens is 350 g/mol. The number of rotatable bonds is 8. The largest absolute Gasteiger partial charge is 0.494 e. The minimum Gasteiger partial charge on any atom is -0.494 e. The normalized spacial score (nSPS) is 10.4. The fourth-order valence-electron chi connectivity index (χ4n) is 1.88. The highest BCUT2D eigenvalue weighted by Crippen LogP contribution is 2.18. The third kappa shape index (κ3) is 6.47. The Balaban J connectivity index is 2.38. The summed E-state index contributed by atoms with van der Waals surface area (Å²) in [6.45, 7) is 4.18. The van der Waals surface area contributed by atoms with Crippen LogP contribution < -0.4 is 4.74 Å². The first-order valence-corrected chi connectivity index (χ1v) is 7.98. The molecule has 0 heterocycles. The monoisotopic (exact) mass is 371 g/mol. The van der Waals surface area contributed by atoms with Crippen LogP contribution in [0.25, 0.3) is 0 Å². The van der Waals surface area contributed by atoms with E-state index < -0.39 is 5.97 Å². The van der Waals surface area contributed by atoms with E-state index in [2.05, 4.69) is 20.7 Å². The second kappa shape index (κ2) is 9.46. The Morgan fingerprint density at radius 2 is 2.05 bits per heavy atom. The molecule has 1 rings (SSSR count). The maximum atomic E-state index is 12.2. The third-order valence-electron chi connectivity index (χ3n) is 3.07. The smallest absolute Gasteiger partial charge is 0.325 e. The molecule has 1 aromatic rings. The molecule has 0 aliphatic heterocycles. The van der Waals surface area contributed by atoms with Crippen molar-refractivity contribution in [3.8, 4) is 5.75 Å². The number of hydrogen-bond donors (Lipinski definition) is 0. The van der Waals surface area contributed by atoms with Crippen LogP contribution in [-0.4, -0.2) is 43.1 Å². The van der Waals surface area contributed by atoms with Crippen molar-refractivity contribution in [1.29, 1.82) is 0 Å². The van der Waals surface area contributed by atoms with Crippen LogP contribution in [0.3, 0.4) is 0 Å². The summed E-state index contributed by atoms with van der Waals surface area (Å²) in [6.07, 6.45) is 0.929. The Kier molecular flexibility index (Phi) is 7.95. The average molecular weight is 372 g/mol. The maximum Gasteiger partial charge on any atom is 0.325 e. The molecule has 0 saturated carbocycles. The number of hydrogen-bond acceptors (Lipinski definition) is 4. The lowest BCUT2D eigenvalue weighted by molar-refractivity contribution is -0.148. The van der Waals surface area contributed by atoms with Gasteiger partial charge in [-0.05, 0) is 38.5 Å². The van der Waals surface area contributed by atoms with Gasteiger partial charge >= 0.3 is 5.97 Å². The Hall–Kier alpha value is -1.56. The van der Waals surface area contributed by atoms with E-state index in [0.29, 0.717) is 19.4 Å². The maximum absolute atomic E-state index is 12.2. The number of nitrogens with zero attached hydrogens (tertiary/aromatic N) is 1. The highest BCUT2D eigenvalue weighted by atomic mass is 79.9. The lowest BCUT2D eigenvalue weighted by Gasteiger charge is -2.25. The molecular formula is C16H22BrNO4. The number of amides is 1. The van der Waals surface area contributed by atoms with E-state index in [1.54, 1.807) is 0 Å². The summed E-state index contributed by atoms with van der Waals surface area (Å²) < 4.78 is 11.2. The standard InChI is InChI=1S/C16H22BrNO4/c1-12(2)18(11-16(20)21-3)15(19)8-5-9-22-14-7-4-6-13(17)10-14/h4,6-7,10,12H,5,8-9,11H2,1-3H3. The van der Waals surface area contributed by atoms with Gasteiger partial charge in [0.2, 0.25) is 5.91 Å². The molecule has 0 aliphatic rings. The Morgan fingerprint density at radius 3 is 2.64 bits per heavy atom. The van der Waals surface area contributed by atoms with Crippen molar-refractivity contribution in [2.45, 2.75) is 32.7 Å². The van der Waals surface area contributed by atoms with E-state index in [0.717, 1.165) is 10.2 Å². The van der Waals surface area contributed by atoms with Crippen molar-refractivity contribution in [3.63, 3.8) is 0 Å². The summed E-state index contributed by atoms with van der Waals surface area (Å²) >= 11 is 3.37. The molecule has 1 amide bonds. The molecule has 0 unspecified atom stereocenters. The second-order valence-corrected chi connectivity index (χ2v) is 6.02. The number of benzene rings is 1. The Labute approximate surface area is 139 Å². The van der Waals surface area contributed by atoms with Crippen molar-refractivity contribution in [2.24, 2.45) is 0 Å². The lowest BCUT2D eigenvalue weighted by Crippen LogP contribution is -2.41. The zero-order valence-electron chi connectivity index (χ0n) is 13.2. The van der Waals surface area contributed by atoms with Gasteiger partial charge < -0.3 is 14.4 Å². The SMILES string of the molecule is COC(=O)CN(C(=O)CCCOc1cccc(Br)c1)C(C)C. The van der Waals surface area contributed by atoms with Crippen LogP contribution in [0.1, 0.15) is 26.7 Å². The van der Waals surface area contributed by atoms with E-state index in [1.165, 1.54) is 12.0 Å². The molecule has 0 radical (unpaired) electrons. The van der Waals surface area contributed by atoms with Gasteiger partial charge in [0, 0.05) is 16.9 Å². The van der Waals surface area contributed by atoms with Gasteiger partial charge in [-0.15, -0.1) is 0 Å².